The van der Waals surface area contributed by atoms with Crippen molar-refractivity contribution in [3.8, 4) is 11.5 Å². The van der Waals surface area contributed by atoms with Crippen molar-refractivity contribution < 1.29 is 27.4 Å². The second-order valence-electron chi connectivity index (χ2n) is 8.78. The molecule has 2 aliphatic rings. The Labute approximate surface area is 177 Å². The molecule has 1 unspecified atom stereocenters. The summed E-state index contributed by atoms with van der Waals surface area (Å²) in [7, 11) is 0. The Morgan fingerprint density at radius 2 is 1.83 bits per heavy atom. The summed E-state index contributed by atoms with van der Waals surface area (Å²) in [5.74, 6) is -0.101. The number of fused-ring (bicyclic) bond motifs is 1. The van der Waals surface area contributed by atoms with Crippen molar-refractivity contribution in [3.63, 3.8) is 0 Å². The molecule has 1 heterocycles. The molecule has 0 N–H and O–H groups in total. The minimum Gasteiger partial charge on any atom is -0.489 e. The molecule has 3 rings (SSSR count). The SMILES string of the molecule is CCCCCC1CCc2cc(OC(=O)C3CCC(CC)CC3)cc(C(F)(F)F)c2O1. The minimum atomic E-state index is -4.56. The lowest BCUT2D eigenvalue weighted by Crippen LogP contribution is -2.27. The summed E-state index contributed by atoms with van der Waals surface area (Å²) in [5, 5.41) is 0. The van der Waals surface area contributed by atoms with Gasteiger partial charge in [0.05, 0.1) is 12.0 Å². The Morgan fingerprint density at radius 1 is 1.10 bits per heavy atom. The molecule has 6 heteroatoms. The van der Waals surface area contributed by atoms with Gasteiger partial charge in [-0.05, 0) is 75.0 Å². The van der Waals surface area contributed by atoms with Gasteiger partial charge < -0.3 is 9.47 Å². The van der Waals surface area contributed by atoms with Crippen molar-refractivity contribution in [1.82, 2.24) is 0 Å². The van der Waals surface area contributed by atoms with Crippen LogP contribution in [0.25, 0.3) is 0 Å². The fraction of sp³-hybridized carbons (Fsp3) is 0.708. The van der Waals surface area contributed by atoms with E-state index < -0.39 is 17.7 Å². The number of carbonyl (C=O) groups excluding carboxylic acids is 1. The Balaban J connectivity index is 1.74. The molecule has 168 valence electrons. The van der Waals surface area contributed by atoms with Gasteiger partial charge in [-0.1, -0.05) is 33.1 Å². The lowest BCUT2D eigenvalue weighted by atomic mass is 9.81. The third kappa shape index (κ3) is 5.70. The monoisotopic (exact) mass is 426 g/mol. The summed E-state index contributed by atoms with van der Waals surface area (Å²) in [6.07, 6.45) is 4.81. The van der Waals surface area contributed by atoms with Crippen molar-refractivity contribution in [1.29, 1.82) is 0 Å². The van der Waals surface area contributed by atoms with Gasteiger partial charge in [0.25, 0.3) is 0 Å². The molecule has 1 aromatic carbocycles. The van der Waals surface area contributed by atoms with E-state index in [1.165, 1.54) is 0 Å². The zero-order chi connectivity index (χ0) is 21.7. The molecule has 1 aliphatic heterocycles. The lowest BCUT2D eigenvalue weighted by molar-refractivity contribution is -0.142. The van der Waals surface area contributed by atoms with Crippen LogP contribution in [-0.4, -0.2) is 12.1 Å². The highest BCUT2D eigenvalue weighted by atomic mass is 19.4. The topological polar surface area (TPSA) is 35.5 Å². The van der Waals surface area contributed by atoms with E-state index in [1.54, 1.807) is 6.07 Å². The largest absolute Gasteiger partial charge is 0.489 e. The molecule has 0 saturated heterocycles. The number of aryl methyl sites for hydroxylation is 1. The molecule has 1 saturated carbocycles. The first-order valence-electron chi connectivity index (χ1n) is 11.4. The molecule has 0 amide bonds. The van der Waals surface area contributed by atoms with Crippen LogP contribution in [0.1, 0.15) is 89.2 Å². The van der Waals surface area contributed by atoms with Crippen LogP contribution in [0.3, 0.4) is 0 Å². The van der Waals surface area contributed by atoms with E-state index in [1.807, 2.05) is 0 Å². The highest BCUT2D eigenvalue weighted by Crippen LogP contribution is 2.44. The van der Waals surface area contributed by atoms with Gasteiger partial charge in [0.2, 0.25) is 0 Å². The van der Waals surface area contributed by atoms with E-state index >= 15 is 0 Å². The number of carbonyl (C=O) groups is 1. The van der Waals surface area contributed by atoms with Gasteiger partial charge in [-0.3, -0.25) is 4.79 Å². The fourth-order valence-corrected chi connectivity index (χ4v) is 4.63. The van der Waals surface area contributed by atoms with Gasteiger partial charge in [-0.15, -0.1) is 0 Å². The molecule has 3 nitrogen and oxygen atoms in total. The number of alkyl halides is 3. The summed E-state index contributed by atoms with van der Waals surface area (Å²) in [5.41, 5.74) is -0.355. The quantitative estimate of drug-likeness (QED) is 0.265. The third-order valence-electron chi connectivity index (χ3n) is 6.57. The average molecular weight is 427 g/mol. The normalized spacial score (nSPS) is 24.1. The van der Waals surface area contributed by atoms with Gasteiger partial charge in [0.15, 0.2) is 0 Å². The van der Waals surface area contributed by atoms with Gasteiger partial charge in [0, 0.05) is 0 Å². The number of unbranched alkanes of at least 4 members (excludes halogenated alkanes) is 2. The maximum Gasteiger partial charge on any atom is 0.420 e. The Hall–Kier alpha value is -1.72. The highest BCUT2D eigenvalue weighted by molar-refractivity contribution is 5.75. The Kier molecular flexibility index (Phi) is 7.70. The maximum atomic E-state index is 13.7. The maximum absolute atomic E-state index is 13.7. The average Bonchev–Trinajstić information content (AvgIpc) is 2.73. The summed E-state index contributed by atoms with van der Waals surface area (Å²) in [4.78, 5) is 12.6. The lowest BCUT2D eigenvalue weighted by Gasteiger charge is -2.29. The summed E-state index contributed by atoms with van der Waals surface area (Å²) >= 11 is 0. The highest BCUT2D eigenvalue weighted by Gasteiger charge is 2.39. The van der Waals surface area contributed by atoms with Crippen molar-refractivity contribution in [3.05, 3.63) is 23.3 Å². The van der Waals surface area contributed by atoms with Gasteiger partial charge in [-0.25, -0.2) is 0 Å². The van der Waals surface area contributed by atoms with Crippen molar-refractivity contribution in [2.24, 2.45) is 11.8 Å². The molecule has 30 heavy (non-hydrogen) atoms. The van der Waals surface area contributed by atoms with Crippen LogP contribution in [0.15, 0.2) is 12.1 Å². The van der Waals surface area contributed by atoms with Crippen molar-refractivity contribution in [2.75, 3.05) is 0 Å². The molecule has 1 aliphatic carbocycles. The van der Waals surface area contributed by atoms with E-state index in [4.69, 9.17) is 9.47 Å². The second-order valence-corrected chi connectivity index (χ2v) is 8.78. The van der Waals surface area contributed by atoms with Crippen LogP contribution in [-0.2, 0) is 17.4 Å². The van der Waals surface area contributed by atoms with E-state index in [-0.39, 0.29) is 23.5 Å². The van der Waals surface area contributed by atoms with Crippen LogP contribution >= 0.6 is 0 Å². The Bertz CT molecular complexity index is 721. The minimum absolute atomic E-state index is 0.0169. The number of hydrogen-bond acceptors (Lipinski definition) is 3. The number of esters is 1. The molecule has 0 aromatic heterocycles. The molecule has 1 aromatic rings. The first kappa shape index (κ1) is 23.0. The van der Waals surface area contributed by atoms with Crippen molar-refractivity contribution >= 4 is 5.97 Å². The van der Waals surface area contributed by atoms with Gasteiger partial charge in [-0.2, -0.15) is 13.2 Å². The number of halogens is 3. The molecular weight excluding hydrogens is 393 g/mol. The Morgan fingerprint density at radius 3 is 2.47 bits per heavy atom. The predicted molar refractivity (Wildman–Crippen MR) is 110 cm³/mol. The zero-order valence-corrected chi connectivity index (χ0v) is 18.0. The molecular formula is C24H33F3O3. The van der Waals surface area contributed by atoms with E-state index in [2.05, 4.69) is 13.8 Å². The molecule has 0 spiro atoms. The van der Waals surface area contributed by atoms with Crippen LogP contribution in [0.2, 0.25) is 0 Å². The van der Waals surface area contributed by atoms with Crippen LogP contribution in [0, 0.1) is 11.8 Å². The zero-order valence-electron chi connectivity index (χ0n) is 18.0. The standard InChI is InChI=1S/C24H33F3O3/c1-3-5-6-7-19-13-12-18-14-20(15-21(22(18)29-19)24(25,26)27)30-23(28)17-10-8-16(4-2)9-11-17/h14-17,19H,3-13H2,1-2H3. The first-order chi connectivity index (χ1) is 14.3. The number of benzene rings is 1. The molecule has 1 fully saturated rings. The molecule has 0 radical (unpaired) electrons. The smallest absolute Gasteiger partial charge is 0.420 e. The number of rotatable bonds is 7. The predicted octanol–water partition coefficient (Wildman–Crippen LogP) is 7.10. The fourth-order valence-electron chi connectivity index (χ4n) is 4.63. The molecule has 0 bridgehead atoms. The first-order valence-corrected chi connectivity index (χ1v) is 11.4. The van der Waals surface area contributed by atoms with Crippen LogP contribution < -0.4 is 9.47 Å². The summed E-state index contributed by atoms with van der Waals surface area (Å²) in [6.45, 7) is 4.24. The molecule has 1 atom stereocenters. The van der Waals surface area contributed by atoms with Crippen LogP contribution in [0.4, 0.5) is 13.2 Å². The van der Waals surface area contributed by atoms with Crippen molar-refractivity contribution in [2.45, 2.75) is 96.8 Å². The van der Waals surface area contributed by atoms with E-state index in [9.17, 15) is 18.0 Å². The van der Waals surface area contributed by atoms with E-state index in [0.717, 1.165) is 63.9 Å². The third-order valence-corrected chi connectivity index (χ3v) is 6.57. The second kappa shape index (κ2) is 10.1. The van der Waals surface area contributed by atoms with Gasteiger partial charge in [0.1, 0.15) is 17.1 Å². The van der Waals surface area contributed by atoms with Gasteiger partial charge >= 0.3 is 12.1 Å². The van der Waals surface area contributed by atoms with E-state index in [0.29, 0.717) is 24.3 Å². The number of ether oxygens (including phenoxy) is 2. The summed E-state index contributed by atoms with van der Waals surface area (Å²) in [6, 6.07) is 2.49. The summed E-state index contributed by atoms with van der Waals surface area (Å²) < 4.78 is 52.4. The number of hydrogen-bond donors (Lipinski definition) is 0. The van der Waals surface area contributed by atoms with Crippen LogP contribution in [0.5, 0.6) is 11.5 Å².